The Bertz CT molecular complexity index is 866. The Balaban J connectivity index is 1.25. The molecule has 4 heterocycles. The van der Waals surface area contributed by atoms with Gasteiger partial charge < -0.3 is 23.5 Å². The molecular weight excluding hydrogens is 378 g/mol. The largest absolute Gasteiger partial charge is 0.438 e. The average Bonchev–Trinajstić information content (AvgIpc) is 3.34. The average molecular weight is 403 g/mol. The zero-order chi connectivity index (χ0) is 20.4. The van der Waals surface area contributed by atoms with Crippen molar-refractivity contribution in [2.24, 2.45) is 5.92 Å². The van der Waals surface area contributed by atoms with E-state index in [2.05, 4.69) is 15.1 Å². The van der Waals surface area contributed by atoms with Crippen molar-refractivity contribution in [3.05, 3.63) is 29.6 Å². The van der Waals surface area contributed by atoms with Crippen molar-refractivity contribution in [3.8, 4) is 0 Å². The van der Waals surface area contributed by atoms with Gasteiger partial charge in [-0.1, -0.05) is 5.16 Å². The van der Waals surface area contributed by atoms with Crippen LogP contribution in [0.4, 0.5) is 0 Å². The summed E-state index contributed by atoms with van der Waals surface area (Å²) in [4.78, 5) is 36.6. The molecule has 10 nitrogen and oxygen atoms in total. The molecule has 0 bridgehead atoms. The molecule has 2 saturated heterocycles. The molecule has 0 spiro atoms. The number of carbonyl (C=O) groups excluding carboxylic acids is 2. The number of hydrogen-bond acceptors (Lipinski definition) is 8. The molecule has 2 aliphatic rings. The Kier molecular flexibility index (Phi) is 5.61. The summed E-state index contributed by atoms with van der Waals surface area (Å²) < 4.78 is 15.8. The lowest BCUT2D eigenvalue weighted by atomic mass is 9.99. The summed E-state index contributed by atoms with van der Waals surface area (Å²) in [6.45, 7) is 4.58. The van der Waals surface area contributed by atoms with E-state index in [1.165, 1.54) is 6.39 Å². The van der Waals surface area contributed by atoms with Gasteiger partial charge in [0, 0.05) is 52.2 Å². The minimum atomic E-state index is -0.177. The maximum Gasteiger partial charge on any atom is 0.291 e. The van der Waals surface area contributed by atoms with Crippen LogP contribution in [0.2, 0.25) is 0 Å². The quantitative estimate of drug-likeness (QED) is 0.702. The van der Waals surface area contributed by atoms with Crippen molar-refractivity contribution in [2.45, 2.75) is 32.1 Å². The van der Waals surface area contributed by atoms with E-state index in [1.807, 2.05) is 0 Å². The van der Waals surface area contributed by atoms with Crippen LogP contribution in [0.15, 0.2) is 15.3 Å². The molecule has 0 radical (unpaired) electrons. The Hall–Kier alpha value is -2.75. The van der Waals surface area contributed by atoms with Gasteiger partial charge in [-0.25, -0.2) is 4.98 Å². The van der Waals surface area contributed by atoms with Crippen molar-refractivity contribution >= 4 is 11.8 Å². The number of rotatable bonds is 6. The van der Waals surface area contributed by atoms with E-state index in [-0.39, 0.29) is 29.4 Å². The van der Waals surface area contributed by atoms with Gasteiger partial charge in [0.2, 0.25) is 17.6 Å². The van der Waals surface area contributed by atoms with E-state index >= 15 is 0 Å². The summed E-state index contributed by atoms with van der Waals surface area (Å²) in [5.41, 5.74) is 0.581. The second-order valence-electron chi connectivity index (χ2n) is 7.62. The van der Waals surface area contributed by atoms with Crippen LogP contribution < -0.4 is 0 Å². The van der Waals surface area contributed by atoms with E-state index in [0.717, 1.165) is 12.8 Å². The van der Waals surface area contributed by atoms with Gasteiger partial charge in [0.05, 0.1) is 11.6 Å². The third-order valence-corrected chi connectivity index (χ3v) is 5.56. The predicted octanol–water partition coefficient (Wildman–Crippen LogP) is 1.03. The van der Waals surface area contributed by atoms with E-state index < -0.39 is 0 Å². The molecule has 2 aromatic heterocycles. The summed E-state index contributed by atoms with van der Waals surface area (Å²) in [6, 6.07) is 0. The summed E-state index contributed by atoms with van der Waals surface area (Å²) in [6.07, 6.45) is 3.36. The van der Waals surface area contributed by atoms with Crippen molar-refractivity contribution in [2.75, 3.05) is 39.9 Å². The van der Waals surface area contributed by atoms with Crippen LogP contribution in [0, 0.1) is 12.8 Å². The maximum atomic E-state index is 12.5. The number of oxazole rings is 1. The molecule has 10 heteroatoms. The van der Waals surface area contributed by atoms with Crippen molar-refractivity contribution < 1.29 is 23.3 Å². The van der Waals surface area contributed by atoms with Crippen LogP contribution in [0.3, 0.4) is 0 Å². The van der Waals surface area contributed by atoms with Crippen LogP contribution >= 0.6 is 0 Å². The van der Waals surface area contributed by atoms with Gasteiger partial charge in [0.15, 0.2) is 12.2 Å². The van der Waals surface area contributed by atoms with Gasteiger partial charge in [-0.2, -0.15) is 4.98 Å². The van der Waals surface area contributed by atoms with Crippen molar-refractivity contribution in [1.82, 2.24) is 24.9 Å². The highest BCUT2D eigenvalue weighted by Crippen LogP contribution is 2.27. The molecule has 29 heavy (non-hydrogen) atoms. The second-order valence-corrected chi connectivity index (χ2v) is 7.62. The number of nitrogens with zero attached hydrogens (tertiary/aromatic N) is 5. The fourth-order valence-corrected chi connectivity index (χ4v) is 3.62. The topological polar surface area (TPSA) is 115 Å². The van der Waals surface area contributed by atoms with Crippen molar-refractivity contribution in [1.29, 1.82) is 0 Å². The van der Waals surface area contributed by atoms with Gasteiger partial charge in [-0.05, 0) is 19.8 Å². The molecule has 4 rings (SSSR count). The Morgan fingerprint density at radius 1 is 1.28 bits per heavy atom. The zero-order valence-electron chi connectivity index (χ0n) is 16.7. The fourth-order valence-electron chi connectivity index (χ4n) is 3.62. The van der Waals surface area contributed by atoms with E-state index in [9.17, 15) is 9.59 Å². The standard InChI is InChI=1S/C19H25N5O5/c1-12-16(28-11-20-12)19(26)24-9-14(10-24)17-21-15(22-29-17)3-6-23(2)18(25)13-4-7-27-8-5-13/h11,13-14H,3-10H2,1-2H3. The van der Waals surface area contributed by atoms with Gasteiger partial charge in [-0.3, -0.25) is 9.59 Å². The molecule has 2 fully saturated rings. The third-order valence-electron chi connectivity index (χ3n) is 5.56. The van der Waals surface area contributed by atoms with Crippen molar-refractivity contribution in [3.63, 3.8) is 0 Å². The molecule has 0 N–H and O–H groups in total. The Labute approximate surface area is 168 Å². The molecular formula is C19H25N5O5. The first-order valence-corrected chi connectivity index (χ1v) is 9.87. The first-order chi connectivity index (χ1) is 14.0. The highest BCUT2D eigenvalue weighted by Gasteiger charge is 2.37. The molecule has 0 saturated carbocycles. The maximum absolute atomic E-state index is 12.5. The van der Waals surface area contributed by atoms with Crippen LogP contribution in [-0.2, 0) is 16.0 Å². The number of carbonyl (C=O) groups is 2. The van der Waals surface area contributed by atoms with Crippen LogP contribution in [0.25, 0.3) is 0 Å². The molecule has 0 aliphatic carbocycles. The van der Waals surface area contributed by atoms with Crippen LogP contribution in [-0.4, -0.2) is 76.6 Å². The number of amides is 2. The highest BCUT2D eigenvalue weighted by molar-refractivity contribution is 5.93. The highest BCUT2D eigenvalue weighted by atomic mass is 16.5. The number of likely N-dealkylation sites (tertiary alicyclic amines) is 1. The number of hydrogen-bond donors (Lipinski definition) is 0. The summed E-state index contributed by atoms with van der Waals surface area (Å²) >= 11 is 0. The minimum absolute atomic E-state index is 0.0185. The van der Waals surface area contributed by atoms with E-state index in [4.69, 9.17) is 13.7 Å². The SMILES string of the molecule is Cc1ncoc1C(=O)N1CC(c2nc(CCN(C)C(=O)C3CCOCC3)no2)C1. The summed E-state index contributed by atoms with van der Waals surface area (Å²) in [7, 11) is 1.81. The fraction of sp³-hybridized carbons (Fsp3) is 0.632. The molecule has 2 aliphatic heterocycles. The number of ether oxygens (including phenoxy) is 1. The van der Waals surface area contributed by atoms with E-state index in [1.54, 1.807) is 23.8 Å². The number of likely N-dealkylation sites (N-methyl/N-ethyl adjacent to an activating group) is 1. The lowest BCUT2D eigenvalue weighted by Crippen LogP contribution is -2.48. The van der Waals surface area contributed by atoms with Gasteiger partial charge in [0.25, 0.3) is 5.91 Å². The molecule has 156 valence electrons. The first-order valence-electron chi connectivity index (χ1n) is 9.87. The van der Waals surface area contributed by atoms with Gasteiger partial charge in [-0.15, -0.1) is 0 Å². The zero-order valence-corrected chi connectivity index (χ0v) is 16.7. The minimum Gasteiger partial charge on any atom is -0.438 e. The van der Waals surface area contributed by atoms with E-state index in [0.29, 0.717) is 56.7 Å². The smallest absolute Gasteiger partial charge is 0.291 e. The van der Waals surface area contributed by atoms with Gasteiger partial charge >= 0.3 is 0 Å². The molecule has 0 aromatic carbocycles. The van der Waals surface area contributed by atoms with Crippen LogP contribution in [0.1, 0.15) is 46.7 Å². The molecule has 0 atom stereocenters. The third kappa shape index (κ3) is 4.16. The lowest BCUT2D eigenvalue weighted by Gasteiger charge is -2.36. The second kappa shape index (κ2) is 8.32. The summed E-state index contributed by atoms with van der Waals surface area (Å²) in [5, 5.41) is 4.02. The van der Waals surface area contributed by atoms with Gasteiger partial charge in [0.1, 0.15) is 0 Å². The summed E-state index contributed by atoms with van der Waals surface area (Å²) in [5.74, 6) is 1.40. The first kappa shape index (κ1) is 19.6. The lowest BCUT2D eigenvalue weighted by molar-refractivity contribution is -0.137. The monoisotopic (exact) mass is 403 g/mol. The predicted molar refractivity (Wildman–Crippen MR) is 99.1 cm³/mol. The Morgan fingerprint density at radius 3 is 2.72 bits per heavy atom. The number of aryl methyl sites for hydroxylation is 1. The normalized spacial score (nSPS) is 17.9. The number of aromatic nitrogens is 3. The molecule has 2 aromatic rings. The molecule has 2 amide bonds. The Morgan fingerprint density at radius 2 is 2.03 bits per heavy atom. The van der Waals surface area contributed by atoms with Crippen LogP contribution in [0.5, 0.6) is 0 Å². The molecule has 0 unspecified atom stereocenters.